The molecule has 0 saturated heterocycles. The topological polar surface area (TPSA) is 42.2 Å². The normalized spacial score (nSPS) is 12.9. The number of benzene rings is 2. The summed E-state index contributed by atoms with van der Waals surface area (Å²) in [5.41, 5.74) is 5.42. The molecule has 0 aliphatic heterocycles. The van der Waals surface area contributed by atoms with Crippen molar-refractivity contribution in [3.8, 4) is 0 Å². The van der Waals surface area contributed by atoms with E-state index >= 15 is 0 Å². The fourth-order valence-corrected chi connectivity index (χ4v) is 3.85. The van der Waals surface area contributed by atoms with Crippen LogP contribution >= 0.6 is 34.8 Å². The molecule has 0 aliphatic rings. The molecule has 4 nitrogen and oxygen atoms in total. The summed E-state index contributed by atoms with van der Waals surface area (Å²) >= 11 is 18.6. The van der Waals surface area contributed by atoms with Gasteiger partial charge in [-0.15, -0.1) is 0 Å². The molecule has 0 spiro atoms. The minimum Gasteiger partial charge on any atom is -0.326 e. The fraction of sp³-hybridized carbons (Fsp3) is 0.200. The van der Waals surface area contributed by atoms with Gasteiger partial charge in [0, 0.05) is 17.4 Å². The number of rotatable bonds is 6. The van der Waals surface area contributed by atoms with E-state index in [-0.39, 0.29) is 6.04 Å². The van der Waals surface area contributed by atoms with Gasteiger partial charge in [-0.1, -0.05) is 72.1 Å². The maximum Gasteiger partial charge on any atom is 0.106 e. The number of hydrazone groups is 1. The number of hydrogen-bond acceptors (Lipinski definition) is 3. The zero-order valence-electron chi connectivity index (χ0n) is 15.0. The first-order chi connectivity index (χ1) is 13.0. The summed E-state index contributed by atoms with van der Waals surface area (Å²) in [5.74, 6) is 0.924. The van der Waals surface area contributed by atoms with Crippen LogP contribution < -0.4 is 5.43 Å². The number of aryl methyl sites for hydroxylation is 1. The molecule has 140 valence electrons. The molecule has 0 radical (unpaired) electrons. The average molecular weight is 422 g/mol. The smallest absolute Gasteiger partial charge is 0.106 e. The number of anilines is 1. The first kappa shape index (κ1) is 19.7. The first-order valence-electron chi connectivity index (χ1n) is 8.54. The lowest BCUT2D eigenvalue weighted by Crippen LogP contribution is -2.22. The van der Waals surface area contributed by atoms with Crippen LogP contribution in [0.25, 0.3) is 0 Å². The zero-order valence-corrected chi connectivity index (χ0v) is 17.2. The van der Waals surface area contributed by atoms with Crippen molar-refractivity contribution in [2.24, 2.45) is 5.10 Å². The molecule has 0 saturated carbocycles. The van der Waals surface area contributed by atoms with Crippen molar-refractivity contribution in [3.63, 3.8) is 0 Å². The van der Waals surface area contributed by atoms with E-state index in [0.29, 0.717) is 20.8 Å². The van der Waals surface area contributed by atoms with E-state index in [0.717, 1.165) is 23.5 Å². The maximum atomic E-state index is 6.29. The second kappa shape index (κ2) is 8.79. The highest BCUT2D eigenvalue weighted by molar-refractivity contribution is 6.41. The third-order valence-electron chi connectivity index (χ3n) is 4.27. The van der Waals surface area contributed by atoms with Crippen LogP contribution in [-0.2, 0) is 0 Å². The van der Waals surface area contributed by atoms with E-state index in [1.165, 1.54) is 0 Å². The molecule has 0 aliphatic carbocycles. The SMILES string of the molecule is CC[C@H](/C(=N\Nc1c(Cl)cc(Cl)cc1Cl)c1ccccc1)n1ccnc1C. The summed E-state index contributed by atoms with van der Waals surface area (Å²) in [6, 6.07) is 13.3. The van der Waals surface area contributed by atoms with E-state index in [9.17, 15) is 0 Å². The lowest BCUT2D eigenvalue weighted by molar-refractivity contribution is 0.600. The van der Waals surface area contributed by atoms with Crippen molar-refractivity contribution >= 4 is 46.2 Å². The summed E-state index contributed by atoms with van der Waals surface area (Å²) in [6.07, 6.45) is 4.60. The Hall–Kier alpha value is -2.01. The van der Waals surface area contributed by atoms with Gasteiger partial charge in [0.2, 0.25) is 0 Å². The summed E-state index contributed by atoms with van der Waals surface area (Å²) in [4.78, 5) is 4.35. The van der Waals surface area contributed by atoms with Crippen LogP contribution in [-0.4, -0.2) is 15.3 Å². The summed E-state index contributed by atoms with van der Waals surface area (Å²) in [5, 5.41) is 5.99. The highest BCUT2D eigenvalue weighted by Crippen LogP contribution is 2.34. The summed E-state index contributed by atoms with van der Waals surface area (Å²) < 4.78 is 2.11. The van der Waals surface area contributed by atoms with Gasteiger partial charge in [-0.2, -0.15) is 5.10 Å². The van der Waals surface area contributed by atoms with E-state index in [4.69, 9.17) is 34.8 Å². The minimum absolute atomic E-state index is 0.00671. The van der Waals surface area contributed by atoms with Crippen LogP contribution in [0.5, 0.6) is 0 Å². The average Bonchev–Trinajstić information content (AvgIpc) is 3.06. The number of aromatic nitrogens is 2. The third-order valence-corrected chi connectivity index (χ3v) is 5.08. The Kier molecular flexibility index (Phi) is 6.42. The Labute approximate surface area is 173 Å². The zero-order chi connectivity index (χ0) is 19.4. The third kappa shape index (κ3) is 4.46. The maximum absolute atomic E-state index is 6.29. The van der Waals surface area contributed by atoms with Gasteiger partial charge in [-0.3, -0.25) is 5.43 Å². The van der Waals surface area contributed by atoms with Crippen molar-refractivity contribution in [2.75, 3.05) is 5.43 Å². The molecular formula is C20H19Cl3N4. The van der Waals surface area contributed by atoms with Gasteiger partial charge in [0.15, 0.2) is 0 Å². The summed E-state index contributed by atoms with van der Waals surface area (Å²) in [6.45, 7) is 4.09. The molecular weight excluding hydrogens is 403 g/mol. The van der Waals surface area contributed by atoms with Gasteiger partial charge in [-0.25, -0.2) is 4.98 Å². The second-order valence-electron chi connectivity index (χ2n) is 6.03. The van der Waals surface area contributed by atoms with Gasteiger partial charge >= 0.3 is 0 Å². The number of halogens is 3. The van der Waals surface area contributed by atoms with Crippen molar-refractivity contribution in [1.82, 2.24) is 9.55 Å². The quantitative estimate of drug-likeness (QED) is 0.359. The van der Waals surface area contributed by atoms with Gasteiger partial charge in [0.25, 0.3) is 0 Å². The van der Waals surface area contributed by atoms with Gasteiger partial charge in [0.05, 0.1) is 27.5 Å². The van der Waals surface area contributed by atoms with E-state index in [2.05, 4.69) is 27.0 Å². The van der Waals surface area contributed by atoms with Crippen molar-refractivity contribution < 1.29 is 0 Å². The number of imidazole rings is 1. The molecule has 2 aromatic carbocycles. The molecule has 0 fully saturated rings. The molecule has 1 heterocycles. The molecule has 1 aromatic heterocycles. The highest BCUT2D eigenvalue weighted by Gasteiger charge is 2.20. The van der Waals surface area contributed by atoms with E-state index in [1.54, 1.807) is 18.3 Å². The Morgan fingerprint density at radius 2 is 1.81 bits per heavy atom. The van der Waals surface area contributed by atoms with Crippen LogP contribution in [0.3, 0.4) is 0 Å². The molecule has 1 N–H and O–H groups in total. The standard InChI is InChI=1S/C20H19Cl3N4/c1-3-18(27-10-9-24-13(27)2)19(14-7-5-4-6-8-14)25-26-20-16(22)11-15(21)12-17(20)23/h4-12,18,26H,3H2,1-2H3/b25-19-/t18-/m1/s1. The van der Waals surface area contributed by atoms with E-state index < -0.39 is 0 Å². The van der Waals surface area contributed by atoms with Crippen molar-refractivity contribution in [2.45, 2.75) is 26.3 Å². The van der Waals surface area contributed by atoms with E-state index in [1.807, 2.05) is 43.5 Å². The Balaban J connectivity index is 2.05. The van der Waals surface area contributed by atoms with Crippen LogP contribution in [0.15, 0.2) is 60.0 Å². The molecule has 1 atom stereocenters. The number of nitrogens with one attached hydrogen (secondary N) is 1. The lowest BCUT2D eigenvalue weighted by atomic mass is 10.0. The molecule has 7 heteroatoms. The van der Waals surface area contributed by atoms with Gasteiger partial charge in [0.1, 0.15) is 5.82 Å². The van der Waals surface area contributed by atoms with Crippen LogP contribution in [0.1, 0.15) is 30.8 Å². The van der Waals surface area contributed by atoms with Crippen molar-refractivity contribution in [3.05, 3.63) is 81.3 Å². The molecule has 27 heavy (non-hydrogen) atoms. The molecule has 3 rings (SSSR count). The lowest BCUT2D eigenvalue weighted by Gasteiger charge is -2.21. The molecule has 0 amide bonds. The second-order valence-corrected chi connectivity index (χ2v) is 7.28. The Morgan fingerprint density at radius 3 is 2.37 bits per heavy atom. The van der Waals surface area contributed by atoms with Crippen LogP contribution in [0.4, 0.5) is 5.69 Å². The Morgan fingerprint density at radius 1 is 1.15 bits per heavy atom. The van der Waals surface area contributed by atoms with Crippen LogP contribution in [0.2, 0.25) is 15.1 Å². The summed E-state index contributed by atoms with van der Waals surface area (Å²) in [7, 11) is 0. The van der Waals surface area contributed by atoms with Gasteiger partial charge < -0.3 is 4.57 Å². The molecule has 0 unspecified atom stereocenters. The minimum atomic E-state index is 0.00671. The predicted octanol–water partition coefficient (Wildman–Crippen LogP) is 6.62. The Bertz CT molecular complexity index is 928. The largest absolute Gasteiger partial charge is 0.326 e. The fourth-order valence-electron chi connectivity index (χ4n) is 2.94. The predicted molar refractivity (Wildman–Crippen MR) is 114 cm³/mol. The number of hydrogen-bond donors (Lipinski definition) is 1. The van der Waals surface area contributed by atoms with Crippen molar-refractivity contribution in [1.29, 1.82) is 0 Å². The van der Waals surface area contributed by atoms with Gasteiger partial charge in [-0.05, 0) is 31.0 Å². The molecule has 0 bridgehead atoms. The monoisotopic (exact) mass is 420 g/mol. The first-order valence-corrected chi connectivity index (χ1v) is 9.67. The number of nitrogens with zero attached hydrogens (tertiary/aromatic N) is 3. The highest BCUT2D eigenvalue weighted by atomic mass is 35.5. The van der Waals surface area contributed by atoms with Crippen LogP contribution in [0, 0.1) is 6.92 Å². The molecule has 3 aromatic rings.